The average molecular weight is 562 g/mol. The summed E-state index contributed by atoms with van der Waals surface area (Å²) in [5.41, 5.74) is 7.56. The lowest BCUT2D eigenvalue weighted by Crippen LogP contribution is -2.27. The van der Waals surface area contributed by atoms with Crippen LogP contribution in [0, 0.1) is 5.92 Å². The molecule has 0 atom stereocenters. The Bertz CT molecular complexity index is 1290. The number of fused-ring (bicyclic) bond motifs is 1. The number of halogens is 4. The van der Waals surface area contributed by atoms with E-state index in [0.717, 1.165) is 30.3 Å². The molecule has 2 aliphatic carbocycles. The van der Waals surface area contributed by atoms with Gasteiger partial charge in [-0.1, -0.05) is 50.5 Å². The van der Waals surface area contributed by atoms with Crippen LogP contribution in [0.4, 0.5) is 18.9 Å². The van der Waals surface area contributed by atoms with Gasteiger partial charge in [0.15, 0.2) is 0 Å². The molecule has 0 spiro atoms. The number of nitrogens with zero attached hydrogens (tertiary/aromatic N) is 1. The smallest absolute Gasteiger partial charge is 0.347 e. The zero-order valence-electron chi connectivity index (χ0n) is 22.5. The Morgan fingerprint density at radius 1 is 1.00 bits per heavy atom. The molecule has 1 amide bonds. The van der Waals surface area contributed by atoms with Crippen molar-refractivity contribution in [3.8, 4) is 11.1 Å². The van der Waals surface area contributed by atoms with Gasteiger partial charge in [-0.15, -0.1) is 12.4 Å². The standard InChI is InChI=1S/C31H38F3N3O.ClH/c1-2-28(38)36-26-17-16-23(21-12-14-22(35)15-13-21)30(31(32,33)34)29(26)25-19-37(18-20-8-4-3-5-9-20)27-11-7-6-10-24(25)27;/h6-7,10-11,16-17,19-22H,2-5,8-9,12-15,18,35H2,1H3,(H,36,38);1H. The van der Waals surface area contributed by atoms with E-state index in [4.69, 9.17) is 5.73 Å². The minimum Gasteiger partial charge on any atom is -0.347 e. The SMILES string of the molecule is CCC(=O)Nc1ccc(C2CCC(N)CC2)c(C(F)(F)F)c1-c1cn(CC2CCCCC2)c2ccccc12.Cl. The van der Waals surface area contributed by atoms with Crippen molar-refractivity contribution in [2.75, 3.05) is 5.32 Å². The number of rotatable bonds is 6. The fraction of sp³-hybridized carbons (Fsp3) is 0.516. The molecule has 1 aromatic heterocycles. The predicted octanol–water partition coefficient (Wildman–Crippen LogP) is 8.66. The van der Waals surface area contributed by atoms with Crippen LogP contribution in [0.5, 0.6) is 0 Å². The Kier molecular flexibility index (Phi) is 9.33. The quantitative estimate of drug-likeness (QED) is 0.316. The summed E-state index contributed by atoms with van der Waals surface area (Å²) in [5.74, 6) is 0.00457. The molecule has 0 aliphatic heterocycles. The van der Waals surface area contributed by atoms with E-state index in [1.807, 2.05) is 30.5 Å². The summed E-state index contributed by atoms with van der Waals surface area (Å²) in [4.78, 5) is 12.5. The lowest BCUT2D eigenvalue weighted by Gasteiger charge is -2.30. The van der Waals surface area contributed by atoms with Gasteiger partial charge in [-0.2, -0.15) is 13.2 Å². The first-order valence-electron chi connectivity index (χ1n) is 14.1. The summed E-state index contributed by atoms with van der Waals surface area (Å²) in [6.45, 7) is 2.49. The van der Waals surface area contributed by atoms with Crippen LogP contribution in [0.3, 0.4) is 0 Å². The number of nitrogens with one attached hydrogen (secondary N) is 1. The van der Waals surface area contributed by atoms with Crippen LogP contribution in [-0.2, 0) is 17.5 Å². The van der Waals surface area contributed by atoms with E-state index >= 15 is 13.2 Å². The average Bonchev–Trinajstić information content (AvgIpc) is 3.27. The van der Waals surface area contributed by atoms with Crippen molar-refractivity contribution >= 4 is 34.9 Å². The second-order valence-corrected chi connectivity index (χ2v) is 11.2. The number of amides is 1. The van der Waals surface area contributed by atoms with E-state index < -0.39 is 11.7 Å². The number of hydrogen-bond acceptors (Lipinski definition) is 2. The van der Waals surface area contributed by atoms with Gasteiger partial charge in [-0.25, -0.2) is 0 Å². The van der Waals surface area contributed by atoms with Crippen molar-refractivity contribution in [1.82, 2.24) is 4.57 Å². The highest BCUT2D eigenvalue weighted by atomic mass is 35.5. The number of nitrogens with two attached hydrogens (primary N) is 1. The molecule has 0 radical (unpaired) electrons. The number of anilines is 1. The maximum Gasteiger partial charge on any atom is 0.417 e. The predicted molar refractivity (Wildman–Crippen MR) is 154 cm³/mol. The molecule has 4 nitrogen and oxygen atoms in total. The zero-order chi connectivity index (χ0) is 26.9. The maximum absolute atomic E-state index is 15.1. The largest absolute Gasteiger partial charge is 0.417 e. The minimum atomic E-state index is -4.58. The van der Waals surface area contributed by atoms with Crippen LogP contribution < -0.4 is 11.1 Å². The first-order chi connectivity index (χ1) is 18.3. The topological polar surface area (TPSA) is 60.1 Å². The van der Waals surface area contributed by atoms with Crippen molar-refractivity contribution in [3.05, 3.63) is 53.7 Å². The monoisotopic (exact) mass is 561 g/mol. The minimum absolute atomic E-state index is 0. The third kappa shape index (κ3) is 6.30. The number of carbonyl (C=O) groups is 1. The van der Waals surface area contributed by atoms with Crippen molar-refractivity contribution in [1.29, 1.82) is 0 Å². The number of alkyl halides is 3. The summed E-state index contributed by atoms with van der Waals surface area (Å²) in [5, 5.41) is 3.58. The molecule has 0 saturated heterocycles. The van der Waals surface area contributed by atoms with Crippen molar-refractivity contribution < 1.29 is 18.0 Å². The summed E-state index contributed by atoms with van der Waals surface area (Å²) >= 11 is 0. The molecule has 2 aliphatic rings. The molecule has 3 N–H and O–H groups in total. The van der Waals surface area contributed by atoms with Gasteiger partial charge >= 0.3 is 6.18 Å². The van der Waals surface area contributed by atoms with Crippen molar-refractivity contribution in [2.24, 2.45) is 11.7 Å². The highest BCUT2D eigenvalue weighted by molar-refractivity contribution is 6.04. The van der Waals surface area contributed by atoms with Crippen LogP contribution >= 0.6 is 12.4 Å². The van der Waals surface area contributed by atoms with Gasteiger partial charge in [-0.3, -0.25) is 4.79 Å². The van der Waals surface area contributed by atoms with Gasteiger partial charge in [0.05, 0.1) is 5.56 Å². The van der Waals surface area contributed by atoms with Gasteiger partial charge in [-0.05, 0) is 68.1 Å². The number of aromatic nitrogens is 1. The molecule has 2 aromatic carbocycles. The Labute approximate surface area is 234 Å². The first kappa shape index (κ1) is 29.5. The van der Waals surface area contributed by atoms with Crippen molar-refractivity contribution in [2.45, 2.75) is 95.8 Å². The lowest BCUT2D eigenvalue weighted by molar-refractivity contribution is -0.138. The van der Waals surface area contributed by atoms with E-state index in [-0.39, 0.29) is 47.9 Å². The Morgan fingerprint density at radius 2 is 1.69 bits per heavy atom. The Morgan fingerprint density at radius 3 is 2.36 bits per heavy atom. The molecule has 1 heterocycles. The van der Waals surface area contributed by atoms with Crippen molar-refractivity contribution in [3.63, 3.8) is 0 Å². The van der Waals surface area contributed by atoms with Gasteiger partial charge in [0, 0.05) is 52.9 Å². The molecule has 0 unspecified atom stereocenters. The Hall–Kier alpha value is -2.51. The third-order valence-electron chi connectivity index (χ3n) is 8.57. The summed E-state index contributed by atoms with van der Waals surface area (Å²) in [6.07, 6.45) is 6.15. The molecule has 3 aromatic rings. The first-order valence-corrected chi connectivity index (χ1v) is 14.1. The normalized spacial score (nSPS) is 20.5. The number of carbonyl (C=O) groups excluding carboxylic acids is 1. The van der Waals surface area contributed by atoms with Crippen LogP contribution in [0.25, 0.3) is 22.0 Å². The number of benzene rings is 2. The fourth-order valence-electron chi connectivity index (χ4n) is 6.56. The second kappa shape index (κ2) is 12.3. The second-order valence-electron chi connectivity index (χ2n) is 11.2. The van der Waals surface area contributed by atoms with E-state index in [1.165, 1.54) is 19.3 Å². The third-order valence-corrected chi connectivity index (χ3v) is 8.57. The molecule has 2 saturated carbocycles. The summed E-state index contributed by atoms with van der Waals surface area (Å²) < 4.78 is 47.3. The van der Waals surface area contributed by atoms with Gasteiger partial charge in [0.1, 0.15) is 0 Å². The van der Waals surface area contributed by atoms with Crippen LogP contribution in [0.15, 0.2) is 42.6 Å². The lowest BCUT2D eigenvalue weighted by atomic mass is 9.78. The van der Waals surface area contributed by atoms with Gasteiger partial charge in [0.25, 0.3) is 0 Å². The molecule has 0 bridgehead atoms. The number of hydrogen-bond donors (Lipinski definition) is 2. The number of para-hydroxylation sites is 1. The molecule has 8 heteroatoms. The van der Waals surface area contributed by atoms with E-state index in [2.05, 4.69) is 9.88 Å². The van der Waals surface area contributed by atoms with E-state index in [0.29, 0.717) is 42.7 Å². The fourth-order valence-corrected chi connectivity index (χ4v) is 6.56. The van der Waals surface area contributed by atoms with Crippen LogP contribution in [0.1, 0.15) is 88.2 Å². The summed E-state index contributed by atoms with van der Waals surface area (Å²) in [7, 11) is 0. The maximum atomic E-state index is 15.1. The Balaban J connectivity index is 0.00000353. The van der Waals surface area contributed by atoms with E-state index in [9.17, 15) is 4.79 Å². The van der Waals surface area contributed by atoms with Gasteiger partial charge in [0.2, 0.25) is 5.91 Å². The molecule has 212 valence electrons. The molecule has 39 heavy (non-hydrogen) atoms. The highest BCUT2D eigenvalue weighted by Crippen LogP contribution is 2.49. The molecule has 5 rings (SSSR count). The van der Waals surface area contributed by atoms with E-state index in [1.54, 1.807) is 19.1 Å². The zero-order valence-corrected chi connectivity index (χ0v) is 23.3. The molecular formula is C31H39ClF3N3O. The highest BCUT2D eigenvalue weighted by Gasteiger charge is 2.40. The summed E-state index contributed by atoms with van der Waals surface area (Å²) in [6, 6.07) is 11.0. The van der Waals surface area contributed by atoms with Gasteiger partial charge < -0.3 is 15.6 Å². The van der Waals surface area contributed by atoms with Crippen LogP contribution in [-0.4, -0.2) is 16.5 Å². The molecule has 2 fully saturated rings. The molecular weight excluding hydrogens is 523 g/mol. The van der Waals surface area contributed by atoms with Crippen LogP contribution in [0.2, 0.25) is 0 Å².